The van der Waals surface area contributed by atoms with Crippen molar-refractivity contribution in [2.24, 2.45) is 0 Å². The average molecular weight is 372 g/mol. The summed E-state index contributed by atoms with van der Waals surface area (Å²) in [5.41, 5.74) is 1.97. The molecule has 0 radical (unpaired) electrons. The van der Waals surface area contributed by atoms with E-state index in [-0.39, 0.29) is 17.8 Å². The molecule has 27 heavy (non-hydrogen) atoms. The van der Waals surface area contributed by atoms with Crippen molar-refractivity contribution in [1.29, 1.82) is 0 Å². The summed E-state index contributed by atoms with van der Waals surface area (Å²) in [4.78, 5) is 28.0. The van der Waals surface area contributed by atoms with Crippen LogP contribution in [-0.2, 0) is 6.54 Å². The number of carbonyl (C=O) groups excluding carboxylic acids is 2. The van der Waals surface area contributed by atoms with E-state index in [0.717, 1.165) is 5.56 Å². The van der Waals surface area contributed by atoms with E-state index in [2.05, 4.69) is 10.6 Å². The molecular formula is C20H25FN4O2. The van der Waals surface area contributed by atoms with E-state index in [1.54, 1.807) is 48.3 Å². The predicted molar refractivity (Wildman–Crippen MR) is 104 cm³/mol. The smallest absolute Gasteiger partial charge is 0.322 e. The molecule has 6 nitrogen and oxygen atoms in total. The number of urea groups is 1. The van der Waals surface area contributed by atoms with Gasteiger partial charge in [0.25, 0.3) is 5.91 Å². The maximum Gasteiger partial charge on any atom is 0.322 e. The Morgan fingerprint density at radius 1 is 0.963 bits per heavy atom. The summed E-state index contributed by atoms with van der Waals surface area (Å²) in [5, 5.41) is 5.40. The number of likely N-dealkylation sites (N-methyl/N-ethyl adjacent to an activating group) is 1. The van der Waals surface area contributed by atoms with E-state index < -0.39 is 0 Å². The number of carbonyl (C=O) groups is 2. The quantitative estimate of drug-likeness (QED) is 0.786. The third-order valence-electron chi connectivity index (χ3n) is 4.02. The Bertz CT molecular complexity index is 761. The first-order chi connectivity index (χ1) is 12.9. The van der Waals surface area contributed by atoms with Crippen LogP contribution < -0.4 is 10.6 Å². The van der Waals surface area contributed by atoms with Gasteiger partial charge in [0.1, 0.15) is 5.82 Å². The van der Waals surface area contributed by atoms with Crippen molar-refractivity contribution in [3.05, 3.63) is 65.5 Å². The van der Waals surface area contributed by atoms with E-state index in [1.165, 1.54) is 12.1 Å². The van der Waals surface area contributed by atoms with Crippen LogP contribution in [0, 0.1) is 5.82 Å². The number of nitrogens with zero attached hydrogens (tertiary/aromatic N) is 2. The maximum atomic E-state index is 13.1. The van der Waals surface area contributed by atoms with Gasteiger partial charge >= 0.3 is 6.03 Å². The first kappa shape index (κ1) is 20.4. The van der Waals surface area contributed by atoms with Crippen molar-refractivity contribution < 1.29 is 14.0 Å². The molecule has 2 rings (SSSR count). The molecule has 0 fully saturated rings. The number of hydrogen-bond acceptors (Lipinski definition) is 3. The summed E-state index contributed by atoms with van der Waals surface area (Å²) in [5.74, 6) is -0.490. The van der Waals surface area contributed by atoms with E-state index in [4.69, 9.17) is 0 Å². The van der Waals surface area contributed by atoms with Crippen LogP contribution in [-0.4, -0.2) is 56.0 Å². The molecule has 3 amide bonds. The van der Waals surface area contributed by atoms with Crippen LogP contribution in [0.15, 0.2) is 48.5 Å². The van der Waals surface area contributed by atoms with Crippen molar-refractivity contribution in [3.8, 4) is 0 Å². The molecule has 0 bridgehead atoms. The van der Waals surface area contributed by atoms with Crippen LogP contribution in [0.3, 0.4) is 0 Å². The highest BCUT2D eigenvalue weighted by molar-refractivity contribution is 5.95. The van der Waals surface area contributed by atoms with Gasteiger partial charge in [-0.25, -0.2) is 9.18 Å². The Balaban J connectivity index is 2.07. The second-order valence-electron chi connectivity index (χ2n) is 6.44. The standard InChI is InChI=1S/C20H25FN4O2/c1-22-19(26)16-6-10-18(11-7-16)23-20(27)25(13-12-24(2)3)14-15-4-8-17(21)9-5-15/h4-11H,12-14H2,1-3H3,(H,22,26)(H,23,27). The summed E-state index contributed by atoms with van der Waals surface area (Å²) < 4.78 is 13.1. The minimum absolute atomic E-state index is 0.184. The highest BCUT2D eigenvalue weighted by atomic mass is 19.1. The number of amides is 3. The summed E-state index contributed by atoms with van der Waals surface area (Å²) >= 11 is 0. The van der Waals surface area contributed by atoms with Crippen LogP contribution in [0.2, 0.25) is 0 Å². The van der Waals surface area contributed by atoms with Gasteiger partial charge in [-0.1, -0.05) is 12.1 Å². The summed E-state index contributed by atoms with van der Waals surface area (Å²) in [6.45, 7) is 1.59. The van der Waals surface area contributed by atoms with E-state index in [9.17, 15) is 14.0 Å². The lowest BCUT2D eigenvalue weighted by Gasteiger charge is -2.25. The van der Waals surface area contributed by atoms with Gasteiger partial charge in [0.2, 0.25) is 0 Å². The molecule has 2 aromatic rings. The van der Waals surface area contributed by atoms with Crippen molar-refractivity contribution in [3.63, 3.8) is 0 Å². The van der Waals surface area contributed by atoms with E-state index in [1.807, 2.05) is 19.0 Å². The number of rotatable bonds is 7. The van der Waals surface area contributed by atoms with Crippen LogP contribution in [0.4, 0.5) is 14.9 Å². The van der Waals surface area contributed by atoms with E-state index >= 15 is 0 Å². The van der Waals surface area contributed by atoms with E-state index in [0.29, 0.717) is 30.9 Å². The Morgan fingerprint density at radius 3 is 2.15 bits per heavy atom. The molecule has 0 heterocycles. The second kappa shape index (κ2) is 9.68. The third-order valence-corrected chi connectivity index (χ3v) is 4.02. The normalized spacial score (nSPS) is 10.6. The monoisotopic (exact) mass is 372 g/mol. The summed E-state index contributed by atoms with van der Waals surface area (Å²) in [6, 6.07) is 12.5. The molecule has 0 unspecified atom stereocenters. The Labute approximate surface area is 159 Å². The molecule has 0 spiro atoms. The van der Waals surface area contributed by atoms with Gasteiger partial charge in [-0.05, 0) is 56.1 Å². The van der Waals surface area contributed by atoms with Gasteiger partial charge in [0, 0.05) is 37.9 Å². The van der Waals surface area contributed by atoms with Gasteiger partial charge in [0.05, 0.1) is 0 Å². The highest BCUT2D eigenvalue weighted by Crippen LogP contribution is 2.13. The highest BCUT2D eigenvalue weighted by Gasteiger charge is 2.15. The molecule has 2 aromatic carbocycles. The fraction of sp³-hybridized carbons (Fsp3) is 0.300. The molecule has 0 aromatic heterocycles. The lowest BCUT2D eigenvalue weighted by Crippen LogP contribution is -2.39. The minimum atomic E-state index is -0.306. The van der Waals surface area contributed by atoms with Gasteiger partial charge in [-0.2, -0.15) is 0 Å². The molecule has 0 saturated heterocycles. The molecule has 0 atom stereocenters. The largest absolute Gasteiger partial charge is 0.355 e. The third kappa shape index (κ3) is 6.38. The fourth-order valence-corrected chi connectivity index (χ4v) is 2.44. The number of anilines is 1. The minimum Gasteiger partial charge on any atom is -0.355 e. The lowest BCUT2D eigenvalue weighted by molar-refractivity contribution is 0.0963. The van der Waals surface area contributed by atoms with Crippen molar-refractivity contribution >= 4 is 17.6 Å². The van der Waals surface area contributed by atoms with Crippen LogP contribution in [0.1, 0.15) is 15.9 Å². The Kier molecular flexibility index (Phi) is 7.31. The fourth-order valence-electron chi connectivity index (χ4n) is 2.44. The first-order valence-corrected chi connectivity index (χ1v) is 8.66. The van der Waals surface area contributed by atoms with Gasteiger partial charge in [-0.3, -0.25) is 4.79 Å². The topological polar surface area (TPSA) is 64.7 Å². The van der Waals surface area contributed by atoms with Crippen molar-refractivity contribution in [1.82, 2.24) is 15.1 Å². The maximum absolute atomic E-state index is 13.1. The molecule has 7 heteroatoms. The second-order valence-corrected chi connectivity index (χ2v) is 6.44. The summed E-state index contributed by atoms with van der Waals surface area (Å²) in [6.07, 6.45) is 0. The number of benzene rings is 2. The average Bonchev–Trinajstić information content (AvgIpc) is 2.66. The van der Waals surface area contributed by atoms with Gasteiger partial charge < -0.3 is 20.4 Å². The summed E-state index contributed by atoms with van der Waals surface area (Å²) in [7, 11) is 5.44. The van der Waals surface area contributed by atoms with Crippen molar-refractivity contribution in [2.75, 3.05) is 39.5 Å². The Hall–Kier alpha value is -2.93. The molecular weight excluding hydrogens is 347 g/mol. The Morgan fingerprint density at radius 2 is 1.59 bits per heavy atom. The number of hydrogen-bond donors (Lipinski definition) is 2. The molecule has 0 saturated carbocycles. The molecule has 144 valence electrons. The van der Waals surface area contributed by atoms with Crippen LogP contribution in [0.5, 0.6) is 0 Å². The zero-order valence-corrected chi connectivity index (χ0v) is 15.8. The molecule has 0 aliphatic heterocycles. The van der Waals surface area contributed by atoms with Crippen LogP contribution >= 0.6 is 0 Å². The lowest BCUT2D eigenvalue weighted by atomic mass is 10.2. The zero-order valence-electron chi connectivity index (χ0n) is 15.8. The van der Waals surface area contributed by atoms with Crippen molar-refractivity contribution in [2.45, 2.75) is 6.54 Å². The first-order valence-electron chi connectivity index (χ1n) is 8.66. The van der Waals surface area contributed by atoms with Gasteiger partial charge in [0.15, 0.2) is 0 Å². The predicted octanol–water partition coefficient (Wildman–Crippen LogP) is 2.78. The number of halogens is 1. The molecule has 0 aliphatic rings. The number of nitrogens with one attached hydrogen (secondary N) is 2. The zero-order chi connectivity index (χ0) is 19.8. The van der Waals surface area contributed by atoms with Crippen LogP contribution in [0.25, 0.3) is 0 Å². The SMILES string of the molecule is CNC(=O)c1ccc(NC(=O)N(CCN(C)C)Cc2ccc(F)cc2)cc1. The molecule has 0 aliphatic carbocycles. The molecule has 2 N–H and O–H groups in total. The van der Waals surface area contributed by atoms with Gasteiger partial charge in [-0.15, -0.1) is 0 Å².